The number of fused-ring (bicyclic) bond motifs is 1. The van der Waals surface area contributed by atoms with Gasteiger partial charge in [-0.2, -0.15) is 0 Å². The standard InChI is InChI=1S/C18H26N4O2S.ClH/c1-11-12(2)25-16-15(11)17(24)22(10-20-16)8-6-14(23)21-7-5-13(19)18(3,4)9-21;/h10,13H,5-9,19H2,1-4H3;1H. The monoisotopic (exact) mass is 398 g/mol. The first-order valence-electron chi connectivity index (χ1n) is 8.69. The van der Waals surface area contributed by atoms with Crippen LogP contribution in [0, 0.1) is 19.3 Å². The van der Waals surface area contributed by atoms with E-state index >= 15 is 0 Å². The number of piperidine rings is 1. The van der Waals surface area contributed by atoms with Gasteiger partial charge in [0, 0.05) is 37.0 Å². The lowest BCUT2D eigenvalue weighted by Crippen LogP contribution is -2.54. The number of aromatic nitrogens is 2. The summed E-state index contributed by atoms with van der Waals surface area (Å²) in [5, 5.41) is 0.683. The molecule has 0 bridgehead atoms. The third-order valence-electron chi connectivity index (χ3n) is 5.39. The van der Waals surface area contributed by atoms with Gasteiger partial charge in [0.1, 0.15) is 4.83 Å². The number of halogens is 1. The average Bonchev–Trinajstić information content (AvgIpc) is 2.84. The number of amides is 1. The number of aryl methyl sites for hydroxylation is 3. The van der Waals surface area contributed by atoms with Crippen molar-refractivity contribution in [3.63, 3.8) is 0 Å². The fraction of sp³-hybridized carbons (Fsp3) is 0.611. The SMILES string of the molecule is Cc1sc2ncn(CCC(=O)N3CCC(N)C(C)(C)C3)c(=O)c2c1C.Cl. The highest BCUT2D eigenvalue weighted by Gasteiger charge is 2.35. The molecule has 1 aliphatic rings. The molecule has 0 saturated carbocycles. The van der Waals surface area contributed by atoms with Crippen LogP contribution in [0.25, 0.3) is 10.2 Å². The van der Waals surface area contributed by atoms with Gasteiger partial charge in [-0.25, -0.2) is 4.98 Å². The van der Waals surface area contributed by atoms with Crippen LogP contribution in [0.2, 0.25) is 0 Å². The zero-order chi connectivity index (χ0) is 18.4. The molecule has 1 amide bonds. The minimum Gasteiger partial charge on any atom is -0.342 e. The van der Waals surface area contributed by atoms with E-state index < -0.39 is 0 Å². The molecule has 0 radical (unpaired) electrons. The minimum absolute atomic E-state index is 0. The van der Waals surface area contributed by atoms with Crippen LogP contribution in [0.15, 0.2) is 11.1 Å². The van der Waals surface area contributed by atoms with Gasteiger partial charge in [0.25, 0.3) is 5.56 Å². The normalized spacial score (nSPS) is 19.4. The van der Waals surface area contributed by atoms with E-state index in [2.05, 4.69) is 18.8 Å². The molecule has 26 heavy (non-hydrogen) atoms. The van der Waals surface area contributed by atoms with E-state index in [0.717, 1.165) is 21.7 Å². The first kappa shape index (κ1) is 20.9. The summed E-state index contributed by atoms with van der Waals surface area (Å²) in [7, 11) is 0. The Hall–Kier alpha value is -1.44. The Morgan fingerprint density at radius 2 is 2.12 bits per heavy atom. The summed E-state index contributed by atoms with van der Waals surface area (Å²) in [6.07, 6.45) is 2.68. The second kappa shape index (κ2) is 7.66. The fourth-order valence-corrected chi connectivity index (χ4v) is 4.38. The Kier molecular flexibility index (Phi) is 6.15. The van der Waals surface area contributed by atoms with Crippen LogP contribution in [0.4, 0.5) is 0 Å². The first-order valence-corrected chi connectivity index (χ1v) is 9.51. The molecule has 2 aromatic rings. The zero-order valence-corrected chi connectivity index (χ0v) is 17.4. The summed E-state index contributed by atoms with van der Waals surface area (Å²) in [6.45, 7) is 9.87. The predicted molar refractivity (Wildman–Crippen MR) is 108 cm³/mol. The van der Waals surface area contributed by atoms with Gasteiger partial charge < -0.3 is 10.6 Å². The molecule has 1 unspecified atom stereocenters. The lowest BCUT2D eigenvalue weighted by Gasteiger charge is -2.42. The van der Waals surface area contributed by atoms with E-state index in [1.807, 2.05) is 18.7 Å². The number of nitrogens with zero attached hydrogens (tertiary/aromatic N) is 3. The van der Waals surface area contributed by atoms with Gasteiger partial charge in [0.05, 0.1) is 11.7 Å². The highest BCUT2D eigenvalue weighted by molar-refractivity contribution is 7.18. The Labute approximate surface area is 163 Å². The van der Waals surface area contributed by atoms with Gasteiger partial charge in [0.2, 0.25) is 5.91 Å². The Balaban J connectivity index is 0.00000243. The van der Waals surface area contributed by atoms with Crippen LogP contribution in [0.5, 0.6) is 0 Å². The lowest BCUT2D eigenvalue weighted by atomic mass is 9.79. The highest BCUT2D eigenvalue weighted by Crippen LogP contribution is 2.28. The van der Waals surface area contributed by atoms with Crippen LogP contribution in [0.1, 0.15) is 37.1 Å². The van der Waals surface area contributed by atoms with Crippen molar-refractivity contribution in [3.05, 3.63) is 27.1 Å². The summed E-state index contributed by atoms with van der Waals surface area (Å²) in [4.78, 5) is 33.4. The highest BCUT2D eigenvalue weighted by atomic mass is 35.5. The van der Waals surface area contributed by atoms with Crippen molar-refractivity contribution in [2.75, 3.05) is 13.1 Å². The van der Waals surface area contributed by atoms with Crippen molar-refractivity contribution >= 4 is 39.9 Å². The minimum atomic E-state index is -0.0729. The smallest absolute Gasteiger partial charge is 0.262 e. The molecule has 1 aliphatic heterocycles. The maximum atomic E-state index is 12.7. The van der Waals surface area contributed by atoms with Crippen molar-refractivity contribution in [1.82, 2.24) is 14.5 Å². The summed E-state index contributed by atoms with van der Waals surface area (Å²) in [5.41, 5.74) is 7.00. The number of rotatable bonds is 3. The Bertz CT molecular complexity index is 874. The number of carbonyl (C=O) groups is 1. The Morgan fingerprint density at radius 3 is 2.77 bits per heavy atom. The number of thiophene rings is 1. The molecule has 8 heteroatoms. The van der Waals surface area contributed by atoms with Gasteiger partial charge >= 0.3 is 0 Å². The lowest BCUT2D eigenvalue weighted by molar-refractivity contribution is -0.134. The third kappa shape index (κ3) is 3.80. The van der Waals surface area contributed by atoms with Crippen molar-refractivity contribution in [1.29, 1.82) is 0 Å². The van der Waals surface area contributed by atoms with Crippen LogP contribution in [0.3, 0.4) is 0 Å². The number of likely N-dealkylation sites (tertiary alicyclic amines) is 1. The van der Waals surface area contributed by atoms with Crippen molar-refractivity contribution in [2.45, 2.75) is 53.1 Å². The maximum Gasteiger partial charge on any atom is 0.262 e. The molecule has 1 saturated heterocycles. The van der Waals surface area contributed by atoms with Gasteiger partial charge in [-0.1, -0.05) is 13.8 Å². The summed E-state index contributed by atoms with van der Waals surface area (Å²) >= 11 is 1.54. The van der Waals surface area contributed by atoms with Gasteiger partial charge in [-0.3, -0.25) is 14.2 Å². The molecule has 6 nitrogen and oxygen atoms in total. The number of hydrogen-bond donors (Lipinski definition) is 1. The van der Waals surface area contributed by atoms with E-state index in [1.165, 1.54) is 11.3 Å². The Morgan fingerprint density at radius 1 is 1.42 bits per heavy atom. The number of nitrogens with two attached hydrogens (primary N) is 1. The molecule has 0 aromatic carbocycles. The van der Waals surface area contributed by atoms with E-state index in [4.69, 9.17) is 5.73 Å². The van der Waals surface area contributed by atoms with Crippen molar-refractivity contribution < 1.29 is 4.79 Å². The summed E-state index contributed by atoms with van der Waals surface area (Å²) < 4.78 is 1.56. The van der Waals surface area contributed by atoms with Crippen LogP contribution in [-0.4, -0.2) is 39.5 Å². The molecular formula is C18H27ClN4O2S. The second-order valence-electron chi connectivity index (χ2n) is 7.66. The predicted octanol–water partition coefficient (Wildman–Crippen LogP) is 2.47. The van der Waals surface area contributed by atoms with E-state index in [0.29, 0.717) is 31.4 Å². The van der Waals surface area contributed by atoms with Crippen LogP contribution in [-0.2, 0) is 11.3 Å². The maximum absolute atomic E-state index is 12.7. The van der Waals surface area contributed by atoms with Crippen LogP contribution >= 0.6 is 23.7 Å². The number of hydrogen-bond acceptors (Lipinski definition) is 5. The van der Waals surface area contributed by atoms with E-state index in [-0.39, 0.29) is 35.3 Å². The molecule has 3 rings (SSSR count). The quantitative estimate of drug-likeness (QED) is 0.861. The van der Waals surface area contributed by atoms with Crippen molar-refractivity contribution in [3.8, 4) is 0 Å². The van der Waals surface area contributed by atoms with E-state index in [1.54, 1.807) is 10.9 Å². The van der Waals surface area contributed by atoms with Gasteiger partial charge in [0.15, 0.2) is 0 Å². The molecule has 2 N–H and O–H groups in total. The van der Waals surface area contributed by atoms with Gasteiger partial charge in [-0.15, -0.1) is 23.7 Å². The summed E-state index contributed by atoms with van der Waals surface area (Å²) in [5.74, 6) is 0.0743. The molecule has 3 heterocycles. The second-order valence-corrected chi connectivity index (χ2v) is 8.86. The fourth-order valence-electron chi connectivity index (χ4n) is 3.39. The van der Waals surface area contributed by atoms with Gasteiger partial charge in [-0.05, 0) is 31.2 Å². The zero-order valence-electron chi connectivity index (χ0n) is 15.7. The summed E-state index contributed by atoms with van der Waals surface area (Å²) in [6, 6.07) is 0.121. The average molecular weight is 399 g/mol. The van der Waals surface area contributed by atoms with Crippen LogP contribution < -0.4 is 11.3 Å². The molecule has 1 atom stereocenters. The number of carbonyl (C=O) groups excluding carboxylic acids is 1. The topological polar surface area (TPSA) is 81.2 Å². The largest absolute Gasteiger partial charge is 0.342 e. The third-order valence-corrected chi connectivity index (χ3v) is 6.50. The molecule has 0 spiro atoms. The molecule has 2 aromatic heterocycles. The molecule has 144 valence electrons. The van der Waals surface area contributed by atoms with Crippen molar-refractivity contribution in [2.24, 2.45) is 11.1 Å². The molecular weight excluding hydrogens is 372 g/mol. The van der Waals surface area contributed by atoms with E-state index in [9.17, 15) is 9.59 Å². The first-order chi connectivity index (χ1) is 11.7. The molecule has 1 fully saturated rings. The molecule has 0 aliphatic carbocycles.